The first kappa shape index (κ1) is 16.3. The Morgan fingerprint density at radius 3 is 2.48 bits per heavy atom. The molecule has 1 aliphatic heterocycles. The van der Waals surface area contributed by atoms with Gasteiger partial charge < -0.3 is 20.9 Å². The molecule has 122 valence electrons. The molecule has 0 bridgehead atoms. The number of nitrogen functional groups attached to an aromatic ring is 1. The fraction of sp³-hybridized carbons (Fsp3) is 0.375. The first-order valence-electron chi connectivity index (χ1n) is 7.77. The van der Waals surface area contributed by atoms with Gasteiger partial charge in [0.05, 0.1) is 0 Å². The molecule has 7 heteroatoms. The van der Waals surface area contributed by atoms with Crippen LogP contribution in [0.15, 0.2) is 30.6 Å². The molecular formula is C16H21IN6. The second-order valence-electron chi connectivity index (χ2n) is 5.51. The largest absolute Gasteiger partial charge is 0.393 e. The molecule has 3 N–H and O–H groups in total. The summed E-state index contributed by atoms with van der Waals surface area (Å²) in [6.45, 7) is 7.25. The third kappa shape index (κ3) is 3.84. The van der Waals surface area contributed by atoms with Gasteiger partial charge in [-0.15, -0.1) is 0 Å². The number of hydrogen-bond donors (Lipinski definition) is 2. The van der Waals surface area contributed by atoms with Crippen LogP contribution >= 0.6 is 22.6 Å². The number of nitrogens with one attached hydrogen (secondary N) is 1. The number of likely N-dealkylation sites (N-methyl/N-ethyl adjacent to an activating group) is 1. The molecule has 3 rings (SSSR count). The molecule has 1 aromatic heterocycles. The zero-order valence-electron chi connectivity index (χ0n) is 13.2. The van der Waals surface area contributed by atoms with Gasteiger partial charge in [0.15, 0.2) is 11.6 Å². The lowest BCUT2D eigenvalue weighted by atomic mass is 10.3. The summed E-state index contributed by atoms with van der Waals surface area (Å²) >= 11 is 2.28. The highest BCUT2D eigenvalue weighted by molar-refractivity contribution is 14.1. The van der Waals surface area contributed by atoms with Gasteiger partial charge in [-0.1, -0.05) is 6.92 Å². The van der Waals surface area contributed by atoms with Crippen LogP contribution in [-0.4, -0.2) is 47.6 Å². The molecule has 1 aromatic carbocycles. The van der Waals surface area contributed by atoms with Crippen molar-refractivity contribution in [1.82, 2.24) is 14.9 Å². The van der Waals surface area contributed by atoms with Crippen LogP contribution in [0.1, 0.15) is 6.92 Å². The third-order valence-electron chi connectivity index (χ3n) is 4.09. The molecule has 1 saturated heterocycles. The summed E-state index contributed by atoms with van der Waals surface area (Å²) in [5, 5.41) is 3.28. The van der Waals surface area contributed by atoms with Crippen molar-refractivity contribution >= 4 is 45.6 Å². The number of nitrogens with two attached hydrogens (primary N) is 1. The number of nitrogens with zero attached hydrogens (tertiary/aromatic N) is 4. The normalized spacial score (nSPS) is 15.7. The summed E-state index contributed by atoms with van der Waals surface area (Å²) in [5.74, 6) is 1.48. The van der Waals surface area contributed by atoms with Crippen molar-refractivity contribution in [3.8, 4) is 0 Å². The first-order valence-corrected chi connectivity index (χ1v) is 8.85. The minimum absolute atomic E-state index is 0.607. The highest BCUT2D eigenvalue weighted by Gasteiger charge is 2.20. The van der Waals surface area contributed by atoms with E-state index in [1.54, 1.807) is 6.33 Å². The Balaban J connectivity index is 1.77. The van der Waals surface area contributed by atoms with Crippen molar-refractivity contribution in [2.24, 2.45) is 0 Å². The first-order chi connectivity index (χ1) is 11.2. The lowest BCUT2D eigenvalue weighted by molar-refractivity contribution is 0.270. The van der Waals surface area contributed by atoms with Gasteiger partial charge in [0.1, 0.15) is 12.0 Å². The highest BCUT2D eigenvalue weighted by Crippen LogP contribution is 2.29. The van der Waals surface area contributed by atoms with Gasteiger partial charge in [0, 0.05) is 35.4 Å². The van der Waals surface area contributed by atoms with E-state index >= 15 is 0 Å². The Kier molecular flexibility index (Phi) is 5.16. The highest BCUT2D eigenvalue weighted by atomic mass is 127. The second kappa shape index (κ2) is 7.31. The van der Waals surface area contributed by atoms with E-state index in [2.05, 4.69) is 54.6 Å². The van der Waals surface area contributed by atoms with Gasteiger partial charge in [-0.25, -0.2) is 9.97 Å². The van der Waals surface area contributed by atoms with E-state index in [0.717, 1.165) is 44.2 Å². The zero-order valence-corrected chi connectivity index (χ0v) is 15.3. The summed E-state index contributed by atoms with van der Waals surface area (Å²) in [6.07, 6.45) is 1.58. The number of aromatic nitrogens is 2. The van der Waals surface area contributed by atoms with Gasteiger partial charge >= 0.3 is 0 Å². The molecule has 2 aromatic rings. The topological polar surface area (TPSA) is 70.3 Å². The summed E-state index contributed by atoms with van der Waals surface area (Å²) < 4.78 is 1.19. The molecule has 6 nitrogen and oxygen atoms in total. The van der Waals surface area contributed by atoms with Crippen molar-refractivity contribution in [2.75, 3.05) is 48.7 Å². The maximum atomic E-state index is 6.31. The van der Waals surface area contributed by atoms with Crippen molar-refractivity contribution in [3.63, 3.8) is 0 Å². The fourth-order valence-electron chi connectivity index (χ4n) is 2.68. The van der Waals surface area contributed by atoms with Crippen molar-refractivity contribution < 1.29 is 0 Å². The monoisotopic (exact) mass is 424 g/mol. The van der Waals surface area contributed by atoms with Gasteiger partial charge in [-0.05, 0) is 53.4 Å². The molecule has 2 heterocycles. The van der Waals surface area contributed by atoms with Crippen molar-refractivity contribution in [1.29, 1.82) is 0 Å². The van der Waals surface area contributed by atoms with E-state index in [-0.39, 0.29) is 0 Å². The fourth-order valence-corrected chi connectivity index (χ4v) is 3.04. The van der Waals surface area contributed by atoms with Crippen LogP contribution in [0, 0.1) is 3.57 Å². The maximum absolute atomic E-state index is 6.31. The van der Waals surface area contributed by atoms with Crippen molar-refractivity contribution in [3.05, 3.63) is 34.2 Å². The quantitative estimate of drug-likeness (QED) is 0.736. The average molecular weight is 424 g/mol. The lowest BCUT2D eigenvalue weighted by Crippen LogP contribution is -2.46. The Morgan fingerprint density at radius 2 is 1.83 bits per heavy atom. The molecule has 0 unspecified atom stereocenters. The zero-order chi connectivity index (χ0) is 16.2. The molecule has 0 amide bonds. The Bertz CT molecular complexity index is 652. The van der Waals surface area contributed by atoms with Crippen LogP contribution < -0.4 is 16.0 Å². The van der Waals surface area contributed by atoms with E-state index in [0.29, 0.717) is 11.5 Å². The number of rotatable bonds is 4. The van der Waals surface area contributed by atoms with Gasteiger partial charge in [0.2, 0.25) is 0 Å². The van der Waals surface area contributed by atoms with Gasteiger partial charge in [-0.3, -0.25) is 0 Å². The Hall–Kier alpha value is -1.61. The predicted molar refractivity (Wildman–Crippen MR) is 103 cm³/mol. The van der Waals surface area contributed by atoms with Gasteiger partial charge in [0.25, 0.3) is 0 Å². The summed E-state index contributed by atoms with van der Waals surface area (Å²) in [5.41, 5.74) is 7.89. The standard InChI is InChI=1S/C16H21IN6/c1-2-22-7-9-23(10-8-22)16-14(18)15(19-11-20-16)21-13-5-3-12(17)4-6-13/h3-6,11H,2,7-10,18H2,1H3,(H,19,20,21). The minimum atomic E-state index is 0.607. The number of hydrogen-bond acceptors (Lipinski definition) is 6. The molecule has 23 heavy (non-hydrogen) atoms. The molecule has 0 aliphatic carbocycles. The summed E-state index contributed by atoms with van der Waals surface area (Å²) in [7, 11) is 0. The van der Waals surface area contributed by atoms with E-state index in [1.165, 1.54) is 3.57 Å². The van der Waals surface area contributed by atoms with Crippen LogP contribution in [0.3, 0.4) is 0 Å². The number of piperazine rings is 1. The van der Waals surface area contributed by atoms with E-state index in [9.17, 15) is 0 Å². The average Bonchev–Trinajstić information content (AvgIpc) is 2.59. The number of halogens is 1. The molecule has 0 saturated carbocycles. The van der Waals surface area contributed by atoms with Crippen LogP contribution in [0.2, 0.25) is 0 Å². The predicted octanol–water partition coefficient (Wildman–Crippen LogP) is 2.55. The molecule has 1 aliphatic rings. The summed E-state index contributed by atoms with van der Waals surface area (Å²) in [6, 6.07) is 8.13. The molecule has 0 spiro atoms. The van der Waals surface area contributed by atoms with Crippen molar-refractivity contribution in [2.45, 2.75) is 6.92 Å². The maximum Gasteiger partial charge on any atom is 0.159 e. The smallest absolute Gasteiger partial charge is 0.159 e. The van der Waals surface area contributed by atoms with E-state index < -0.39 is 0 Å². The summed E-state index contributed by atoms with van der Waals surface area (Å²) in [4.78, 5) is 13.4. The lowest BCUT2D eigenvalue weighted by Gasteiger charge is -2.35. The Labute approximate surface area is 150 Å². The van der Waals surface area contributed by atoms with Crippen LogP contribution in [0.25, 0.3) is 0 Å². The number of benzene rings is 1. The Morgan fingerprint density at radius 1 is 1.13 bits per heavy atom. The minimum Gasteiger partial charge on any atom is -0.393 e. The van der Waals surface area contributed by atoms with Gasteiger partial charge in [-0.2, -0.15) is 0 Å². The molecule has 0 atom stereocenters. The van der Waals surface area contributed by atoms with Crippen LogP contribution in [0.5, 0.6) is 0 Å². The molecule has 1 fully saturated rings. The third-order valence-corrected chi connectivity index (χ3v) is 4.81. The second-order valence-corrected chi connectivity index (χ2v) is 6.76. The van der Waals surface area contributed by atoms with Crippen LogP contribution in [-0.2, 0) is 0 Å². The molecule has 0 radical (unpaired) electrons. The number of anilines is 4. The van der Waals surface area contributed by atoms with E-state index in [4.69, 9.17) is 5.73 Å². The van der Waals surface area contributed by atoms with Crippen LogP contribution in [0.4, 0.5) is 23.0 Å². The molecular weight excluding hydrogens is 403 g/mol. The van der Waals surface area contributed by atoms with E-state index in [1.807, 2.05) is 24.3 Å². The SMILES string of the molecule is CCN1CCN(c2ncnc(Nc3ccc(I)cc3)c2N)CC1.